The van der Waals surface area contributed by atoms with Crippen LogP contribution in [0.4, 0.5) is 0 Å². The molecule has 0 aliphatic carbocycles. The summed E-state index contributed by atoms with van der Waals surface area (Å²) in [5.41, 5.74) is 0.374. The van der Waals surface area contributed by atoms with Crippen LogP contribution < -0.4 is 4.74 Å². The van der Waals surface area contributed by atoms with Crippen LogP contribution in [-0.2, 0) is 4.74 Å². The highest BCUT2D eigenvalue weighted by Crippen LogP contribution is 2.14. The fourth-order valence-corrected chi connectivity index (χ4v) is 1.08. The molecule has 0 aromatic heterocycles. The Morgan fingerprint density at radius 3 is 2.88 bits per heavy atom. The van der Waals surface area contributed by atoms with Crippen molar-refractivity contribution in [1.82, 2.24) is 0 Å². The molecule has 1 atom stereocenters. The molecule has 1 rings (SSSR count). The van der Waals surface area contributed by atoms with Crippen LogP contribution >= 0.6 is 0 Å². The lowest BCUT2D eigenvalue weighted by molar-refractivity contribution is 0.0533. The second kappa shape index (κ2) is 6.09. The monoisotopic (exact) mass is 226 g/mol. The van der Waals surface area contributed by atoms with Crippen LogP contribution in [0, 0.1) is 0 Å². The molecule has 0 saturated heterocycles. The maximum Gasteiger partial charge on any atom is 0.337 e. The van der Waals surface area contributed by atoms with E-state index in [4.69, 9.17) is 14.9 Å². The zero-order valence-electron chi connectivity index (χ0n) is 8.92. The zero-order valence-corrected chi connectivity index (χ0v) is 8.92. The highest BCUT2D eigenvalue weighted by Gasteiger charge is 2.07. The SMILES string of the molecule is COC(=O)c1cccc(OCC(O)CO)c1. The average molecular weight is 226 g/mol. The van der Waals surface area contributed by atoms with Gasteiger partial charge in [-0.05, 0) is 18.2 Å². The van der Waals surface area contributed by atoms with E-state index < -0.39 is 12.1 Å². The molecule has 0 radical (unpaired) electrons. The molecule has 1 aromatic carbocycles. The second-order valence-electron chi connectivity index (χ2n) is 3.17. The Balaban J connectivity index is 2.64. The van der Waals surface area contributed by atoms with Crippen LogP contribution in [0.3, 0.4) is 0 Å². The maximum atomic E-state index is 11.2. The van der Waals surface area contributed by atoms with E-state index in [9.17, 15) is 4.79 Å². The first-order valence-electron chi connectivity index (χ1n) is 4.77. The van der Waals surface area contributed by atoms with E-state index in [1.54, 1.807) is 18.2 Å². The highest BCUT2D eigenvalue weighted by molar-refractivity contribution is 5.89. The predicted octanol–water partition coefficient (Wildman–Crippen LogP) is 0.205. The van der Waals surface area contributed by atoms with Gasteiger partial charge >= 0.3 is 5.97 Å². The third-order valence-corrected chi connectivity index (χ3v) is 1.91. The first-order chi connectivity index (χ1) is 7.67. The third-order valence-electron chi connectivity index (χ3n) is 1.91. The Kier molecular flexibility index (Phi) is 4.75. The van der Waals surface area contributed by atoms with E-state index in [0.717, 1.165) is 0 Å². The van der Waals surface area contributed by atoms with Crippen LogP contribution in [-0.4, -0.2) is 42.6 Å². The van der Waals surface area contributed by atoms with Crippen molar-refractivity contribution in [2.45, 2.75) is 6.10 Å². The van der Waals surface area contributed by atoms with Crippen LogP contribution in [0.25, 0.3) is 0 Å². The number of methoxy groups -OCH3 is 1. The van der Waals surface area contributed by atoms with E-state index in [1.807, 2.05) is 0 Å². The van der Waals surface area contributed by atoms with Crippen molar-refractivity contribution in [3.05, 3.63) is 29.8 Å². The number of benzene rings is 1. The Morgan fingerprint density at radius 1 is 1.50 bits per heavy atom. The highest BCUT2D eigenvalue weighted by atomic mass is 16.5. The summed E-state index contributed by atoms with van der Waals surface area (Å²) in [6, 6.07) is 6.40. The molecule has 0 fully saturated rings. The number of aliphatic hydroxyl groups excluding tert-OH is 2. The number of hydrogen-bond acceptors (Lipinski definition) is 5. The quantitative estimate of drug-likeness (QED) is 0.702. The van der Waals surface area contributed by atoms with Gasteiger partial charge in [-0.25, -0.2) is 4.79 Å². The van der Waals surface area contributed by atoms with Gasteiger partial charge in [0.25, 0.3) is 0 Å². The topological polar surface area (TPSA) is 76.0 Å². The van der Waals surface area contributed by atoms with Crippen LogP contribution in [0.15, 0.2) is 24.3 Å². The zero-order chi connectivity index (χ0) is 12.0. The number of hydrogen-bond donors (Lipinski definition) is 2. The van der Waals surface area contributed by atoms with Crippen LogP contribution in [0.1, 0.15) is 10.4 Å². The predicted molar refractivity (Wildman–Crippen MR) is 56.4 cm³/mol. The minimum absolute atomic E-state index is 0.0267. The molecule has 0 amide bonds. The Bertz CT molecular complexity index is 350. The van der Waals surface area contributed by atoms with Crippen molar-refractivity contribution in [3.63, 3.8) is 0 Å². The van der Waals surface area contributed by atoms with Gasteiger partial charge in [-0.15, -0.1) is 0 Å². The van der Waals surface area contributed by atoms with Crippen LogP contribution in [0.2, 0.25) is 0 Å². The average Bonchev–Trinajstić information content (AvgIpc) is 2.35. The minimum atomic E-state index is -0.929. The molecule has 5 nitrogen and oxygen atoms in total. The molecule has 0 saturated carbocycles. The van der Waals surface area contributed by atoms with E-state index in [0.29, 0.717) is 11.3 Å². The number of carbonyl (C=O) groups excluding carboxylic acids is 1. The Hall–Kier alpha value is -1.59. The smallest absolute Gasteiger partial charge is 0.337 e. The van der Waals surface area contributed by atoms with E-state index in [2.05, 4.69) is 4.74 Å². The summed E-state index contributed by atoms with van der Waals surface area (Å²) in [7, 11) is 1.30. The number of esters is 1. The summed E-state index contributed by atoms with van der Waals surface area (Å²) in [5.74, 6) is -0.0106. The molecule has 2 N–H and O–H groups in total. The summed E-state index contributed by atoms with van der Waals surface area (Å²) in [4.78, 5) is 11.2. The normalized spacial score (nSPS) is 11.9. The molecule has 0 aliphatic heterocycles. The molecule has 0 bridgehead atoms. The first kappa shape index (κ1) is 12.5. The molecule has 16 heavy (non-hydrogen) atoms. The Labute approximate surface area is 93.2 Å². The lowest BCUT2D eigenvalue weighted by atomic mass is 10.2. The second-order valence-corrected chi connectivity index (χ2v) is 3.17. The molecule has 0 spiro atoms. The molecule has 88 valence electrons. The van der Waals surface area contributed by atoms with Gasteiger partial charge < -0.3 is 19.7 Å². The van der Waals surface area contributed by atoms with E-state index in [-0.39, 0.29) is 13.2 Å². The third kappa shape index (κ3) is 3.52. The van der Waals surface area contributed by atoms with Gasteiger partial charge in [0.2, 0.25) is 0 Å². The van der Waals surface area contributed by atoms with Crippen molar-refractivity contribution >= 4 is 5.97 Å². The Morgan fingerprint density at radius 2 is 2.25 bits per heavy atom. The lowest BCUT2D eigenvalue weighted by Gasteiger charge is -2.10. The van der Waals surface area contributed by atoms with Gasteiger partial charge in [-0.1, -0.05) is 6.07 Å². The summed E-state index contributed by atoms with van der Waals surface area (Å²) < 4.78 is 9.73. The fraction of sp³-hybridized carbons (Fsp3) is 0.364. The lowest BCUT2D eigenvalue weighted by Crippen LogP contribution is -2.21. The van der Waals surface area contributed by atoms with Gasteiger partial charge in [0.15, 0.2) is 0 Å². The van der Waals surface area contributed by atoms with Gasteiger partial charge in [0.05, 0.1) is 19.3 Å². The van der Waals surface area contributed by atoms with Crippen molar-refractivity contribution < 1.29 is 24.5 Å². The number of carbonyl (C=O) groups is 1. The molecule has 0 heterocycles. The fourth-order valence-electron chi connectivity index (χ4n) is 1.08. The van der Waals surface area contributed by atoms with Crippen molar-refractivity contribution in [2.24, 2.45) is 0 Å². The minimum Gasteiger partial charge on any atom is -0.491 e. The first-order valence-corrected chi connectivity index (χ1v) is 4.77. The number of aliphatic hydroxyl groups is 2. The summed E-state index contributed by atoms with van der Waals surface area (Å²) >= 11 is 0. The molecule has 0 aliphatic rings. The van der Waals surface area contributed by atoms with Gasteiger partial charge in [0, 0.05) is 0 Å². The van der Waals surface area contributed by atoms with E-state index >= 15 is 0 Å². The summed E-state index contributed by atoms with van der Waals surface area (Å²) in [6.07, 6.45) is -0.929. The number of ether oxygens (including phenoxy) is 2. The van der Waals surface area contributed by atoms with Gasteiger partial charge in [-0.3, -0.25) is 0 Å². The largest absolute Gasteiger partial charge is 0.491 e. The molecule has 1 aromatic rings. The maximum absolute atomic E-state index is 11.2. The van der Waals surface area contributed by atoms with Crippen LogP contribution in [0.5, 0.6) is 5.75 Å². The summed E-state index contributed by atoms with van der Waals surface area (Å²) in [5, 5.41) is 17.7. The molecular weight excluding hydrogens is 212 g/mol. The van der Waals surface area contributed by atoms with Gasteiger partial charge in [0.1, 0.15) is 18.5 Å². The van der Waals surface area contributed by atoms with Crippen molar-refractivity contribution in [1.29, 1.82) is 0 Å². The molecule has 5 heteroatoms. The van der Waals surface area contributed by atoms with Crippen molar-refractivity contribution in [2.75, 3.05) is 20.3 Å². The van der Waals surface area contributed by atoms with Gasteiger partial charge in [-0.2, -0.15) is 0 Å². The van der Waals surface area contributed by atoms with E-state index in [1.165, 1.54) is 13.2 Å². The summed E-state index contributed by atoms with van der Waals surface area (Å²) in [6.45, 7) is -0.391. The molecule has 1 unspecified atom stereocenters. The standard InChI is InChI=1S/C11H14O5/c1-15-11(14)8-3-2-4-10(5-8)16-7-9(13)6-12/h2-5,9,12-13H,6-7H2,1H3. The molecular formula is C11H14O5. The number of rotatable bonds is 5. The van der Waals surface area contributed by atoms with Crippen molar-refractivity contribution in [3.8, 4) is 5.75 Å².